The van der Waals surface area contributed by atoms with E-state index in [1.807, 2.05) is 43.9 Å². The monoisotopic (exact) mass is 277 g/mol. The number of hydrogen-bond acceptors (Lipinski definition) is 3. The van der Waals surface area contributed by atoms with Gasteiger partial charge in [0.2, 0.25) is 0 Å². The van der Waals surface area contributed by atoms with Gasteiger partial charge in [0, 0.05) is 20.3 Å². The van der Waals surface area contributed by atoms with Gasteiger partial charge in [-0.05, 0) is 44.4 Å². The van der Waals surface area contributed by atoms with Crippen molar-refractivity contribution in [2.75, 3.05) is 25.2 Å². The van der Waals surface area contributed by atoms with Crippen molar-refractivity contribution in [1.29, 1.82) is 0 Å². The van der Waals surface area contributed by atoms with Gasteiger partial charge >= 0.3 is 0 Å². The molecule has 2 rings (SSSR count). The summed E-state index contributed by atoms with van der Waals surface area (Å²) in [5.41, 5.74) is 1.23. The molecule has 1 heterocycles. The number of fused-ring (bicyclic) bond motifs is 1. The Kier molecular flexibility index (Phi) is 4.33. The Labute approximate surface area is 120 Å². The lowest BCUT2D eigenvalue weighted by Crippen LogP contribution is -2.54. The lowest BCUT2D eigenvalue weighted by molar-refractivity contribution is -0.134. The van der Waals surface area contributed by atoms with Crippen LogP contribution in [-0.4, -0.2) is 31.8 Å². The molecule has 0 N–H and O–H groups in total. The first-order chi connectivity index (χ1) is 9.51. The van der Waals surface area contributed by atoms with Crippen molar-refractivity contribution in [3.8, 4) is 5.75 Å². The van der Waals surface area contributed by atoms with Crippen molar-refractivity contribution in [1.82, 2.24) is 0 Å². The van der Waals surface area contributed by atoms with Gasteiger partial charge in [-0.25, -0.2) is 0 Å². The van der Waals surface area contributed by atoms with Crippen molar-refractivity contribution in [2.45, 2.75) is 39.2 Å². The van der Waals surface area contributed by atoms with E-state index in [9.17, 15) is 4.79 Å². The van der Waals surface area contributed by atoms with Crippen LogP contribution in [0.4, 0.5) is 5.69 Å². The Balaban J connectivity index is 2.36. The Morgan fingerprint density at radius 3 is 2.80 bits per heavy atom. The second-order valence-corrected chi connectivity index (χ2v) is 5.46. The van der Waals surface area contributed by atoms with Gasteiger partial charge < -0.3 is 14.4 Å². The molecule has 1 aliphatic heterocycles. The minimum atomic E-state index is -0.769. The molecule has 1 atom stereocenters. The third-order valence-electron chi connectivity index (χ3n) is 3.84. The summed E-state index contributed by atoms with van der Waals surface area (Å²) in [6.07, 6.45) is 1.47. The van der Waals surface area contributed by atoms with Crippen LogP contribution in [-0.2, 0) is 9.53 Å². The molecule has 20 heavy (non-hydrogen) atoms. The van der Waals surface area contributed by atoms with E-state index in [2.05, 4.69) is 0 Å². The molecule has 1 aromatic carbocycles. The van der Waals surface area contributed by atoms with Crippen LogP contribution >= 0.6 is 0 Å². The van der Waals surface area contributed by atoms with E-state index in [0.717, 1.165) is 23.4 Å². The summed E-state index contributed by atoms with van der Waals surface area (Å²) in [5, 5.41) is 0. The molecule has 1 aromatic rings. The van der Waals surface area contributed by atoms with Crippen LogP contribution < -0.4 is 9.64 Å². The first kappa shape index (κ1) is 14.9. The van der Waals surface area contributed by atoms with Crippen molar-refractivity contribution in [3.63, 3.8) is 0 Å². The third-order valence-corrected chi connectivity index (χ3v) is 3.84. The third kappa shape index (κ3) is 2.66. The summed E-state index contributed by atoms with van der Waals surface area (Å²) in [4.78, 5) is 14.5. The molecular formula is C16H23NO3. The Bertz CT molecular complexity index is 500. The number of rotatable bonds is 5. The smallest absolute Gasteiger partial charge is 0.270 e. The highest BCUT2D eigenvalue weighted by molar-refractivity contribution is 6.02. The number of hydrogen-bond donors (Lipinski definition) is 0. The predicted molar refractivity (Wildman–Crippen MR) is 79.3 cm³/mol. The van der Waals surface area contributed by atoms with Crippen LogP contribution in [0, 0.1) is 6.92 Å². The summed E-state index contributed by atoms with van der Waals surface area (Å²) in [6.45, 7) is 7.16. The Hall–Kier alpha value is -1.55. The van der Waals surface area contributed by atoms with Crippen LogP contribution in [0.5, 0.6) is 5.75 Å². The number of nitrogens with zero attached hydrogens (tertiary/aromatic N) is 1. The van der Waals surface area contributed by atoms with Gasteiger partial charge in [0.05, 0.1) is 5.69 Å². The zero-order valence-corrected chi connectivity index (χ0v) is 12.7. The van der Waals surface area contributed by atoms with E-state index in [1.165, 1.54) is 0 Å². The summed E-state index contributed by atoms with van der Waals surface area (Å²) < 4.78 is 11.0. The highest BCUT2D eigenvalue weighted by atomic mass is 16.5. The molecule has 0 bridgehead atoms. The summed E-state index contributed by atoms with van der Waals surface area (Å²) in [6, 6.07) is 5.97. The van der Waals surface area contributed by atoms with E-state index >= 15 is 0 Å². The number of benzene rings is 1. The number of carbonyl (C=O) groups excluding carboxylic acids is 1. The molecule has 0 aliphatic carbocycles. The van der Waals surface area contributed by atoms with E-state index in [4.69, 9.17) is 9.47 Å². The Morgan fingerprint density at radius 1 is 1.40 bits per heavy atom. The number of carbonyl (C=O) groups is 1. The molecule has 1 unspecified atom stereocenters. The largest absolute Gasteiger partial charge is 0.476 e. The van der Waals surface area contributed by atoms with Gasteiger partial charge in [-0.3, -0.25) is 4.79 Å². The summed E-state index contributed by atoms with van der Waals surface area (Å²) in [5.74, 6) is 0.825. The van der Waals surface area contributed by atoms with Crippen molar-refractivity contribution < 1.29 is 14.3 Å². The molecule has 0 radical (unpaired) electrons. The lowest BCUT2D eigenvalue weighted by atomic mass is 9.97. The van der Waals surface area contributed by atoms with E-state index < -0.39 is 5.60 Å². The number of ether oxygens (including phenoxy) is 2. The molecule has 0 saturated carbocycles. The van der Waals surface area contributed by atoms with Crippen molar-refractivity contribution in [3.05, 3.63) is 23.8 Å². The zero-order chi connectivity index (χ0) is 14.8. The second kappa shape index (κ2) is 5.83. The van der Waals surface area contributed by atoms with Gasteiger partial charge in [0.1, 0.15) is 5.75 Å². The molecule has 0 spiro atoms. The van der Waals surface area contributed by atoms with Gasteiger partial charge in [-0.15, -0.1) is 0 Å². The maximum atomic E-state index is 12.7. The van der Waals surface area contributed by atoms with Crippen LogP contribution in [0.25, 0.3) is 0 Å². The quantitative estimate of drug-likeness (QED) is 0.777. The van der Waals surface area contributed by atoms with E-state index in [1.54, 1.807) is 7.11 Å². The Morgan fingerprint density at radius 2 is 2.15 bits per heavy atom. The first-order valence-electron chi connectivity index (χ1n) is 7.12. The normalized spacial score (nSPS) is 21.6. The van der Waals surface area contributed by atoms with Crippen molar-refractivity contribution >= 4 is 11.6 Å². The summed E-state index contributed by atoms with van der Waals surface area (Å²) in [7, 11) is 1.68. The molecular weight excluding hydrogens is 254 g/mol. The van der Waals surface area contributed by atoms with Crippen molar-refractivity contribution in [2.24, 2.45) is 0 Å². The fourth-order valence-corrected chi connectivity index (χ4v) is 2.42. The first-order valence-corrected chi connectivity index (χ1v) is 7.12. The minimum absolute atomic E-state index is 0.0363. The fraction of sp³-hybridized carbons (Fsp3) is 0.562. The highest BCUT2D eigenvalue weighted by Crippen LogP contribution is 2.39. The fourth-order valence-electron chi connectivity index (χ4n) is 2.42. The number of amides is 1. The molecule has 0 aromatic heterocycles. The van der Waals surface area contributed by atoms with E-state index in [-0.39, 0.29) is 5.91 Å². The van der Waals surface area contributed by atoms with Gasteiger partial charge in [0.25, 0.3) is 5.91 Å². The lowest BCUT2D eigenvalue weighted by Gasteiger charge is -2.40. The number of anilines is 1. The topological polar surface area (TPSA) is 38.8 Å². The maximum absolute atomic E-state index is 12.7. The zero-order valence-electron chi connectivity index (χ0n) is 12.7. The van der Waals surface area contributed by atoms with Crippen LogP contribution in [0.1, 0.15) is 32.3 Å². The molecule has 0 saturated heterocycles. The maximum Gasteiger partial charge on any atom is 0.270 e. The minimum Gasteiger partial charge on any atom is -0.476 e. The predicted octanol–water partition coefficient (Wildman–Crippen LogP) is 2.93. The van der Waals surface area contributed by atoms with Gasteiger partial charge in [-0.1, -0.05) is 13.0 Å². The van der Waals surface area contributed by atoms with Gasteiger partial charge in [-0.2, -0.15) is 0 Å². The standard InChI is InChI=1S/C16H23NO3/c1-5-16(3)15(18)17(9-6-10-19-4)13-11-12(2)7-8-14(13)20-16/h7-8,11H,5-6,9-10H2,1-4H3. The molecule has 110 valence electrons. The van der Waals surface area contributed by atoms with Crippen LogP contribution in [0.2, 0.25) is 0 Å². The van der Waals surface area contributed by atoms with Crippen LogP contribution in [0.15, 0.2) is 18.2 Å². The molecule has 1 aliphatic rings. The SMILES string of the molecule is CCC1(C)Oc2ccc(C)cc2N(CCCOC)C1=O. The molecule has 0 fully saturated rings. The number of aryl methyl sites for hydroxylation is 1. The summed E-state index contributed by atoms with van der Waals surface area (Å²) >= 11 is 0. The molecule has 1 amide bonds. The van der Waals surface area contributed by atoms with Crippen LogP contribution in [0.3, 0.4) is 0 Å². The average molecular weight is 277 g/mol. The molecule has 4 heteroatoms. The second-order valence-electron chi connectivity index (χ2n) is 5.46. The van der Waals surface area contributed by atoms with E-state index in [0.29, 0.717) is 19.6 Å². The highest BCUT2D eigenvalue weighted by Gasteiger charge is 2.42. The number of methoxy groups -OCH3 is 1. The average Bonchev–Trinajstić information content (AvgIpc) is 2.44. The molecule has 4 nitrogen and oxygen atoms in total. The van der Waals surface area contributed by atoms with Gasteiger partial charge in [0.15, 0.2) is 5.60 Å².